The number of esters is 1. The highest BCUT2D eigenvalue weighted by atomic mass is 16.5. The molecule has 1 heterocycles. The third kappa shape index (κ3) is 12.5. The molecule has 0 aliphatic carbocycles. The first-order valence-electron chi connectivity index (χ1n) is 9.80. The van der Waals surface area contributed by atoms with Gasteiger partial charge in [0.05, 0.1) is 6.10 Å². The van der Waals surface area contributed by atoms with Gasteiger partial charge in [0, 0.05) is 6.42 Å². The molecule has 0 saturated carbocycles. The van der Waals surface area contributed by atoms with E-state index >= 15 is 0 Å². The molecule has 1 rings (SSSR count). The summed E-state index contributed by atoms with van der Waals surface area (Å²) in [5.41, 5.74) is 0. The molecular formula is C22H38O3. The van der Waals surface area contributed by atoms with Crippen molar-refractivity contribution in [2.45, 2.75) is 84.7 Å². The van der Waals surface area contributed by atoms with Crippen molar-refractivity contribution >= 4 is 5.97 Å². The van der Waals surface area contributed by atoms with E-state index in [1.807, 2.05) is 0 Å². The second kappa shape index (κ2) is 14.8. The first-order chi connectivity index (χ1) is 12.0. The lowest BCUT2D eigenvalue weighted by atomic mass is 9.84. The van der Waals surface area contributed by atoms with Crippen LogP contribution in [0, 0.1) is 11.8 Å². The van der Waals surface area contributed by atoms with Crippen LogP contribution < -0.4 is 0 Å². The Morgan fingerprint density at radius 3 is 2.48 bits per heavy atom. The fourth-order valence-corrected chi connectivity index (χ4v) is 3.29. The van der Waals surface area contributed by atoms with Crippen molar-refractivity contribution in [3.05, 3.63) is 37.1 Å². The first-order valence-corrected chi connectivity index (χ1v) is 9.80. The van der Waals surface area contributed by atoms with Crippen LogP contribution in [0.2, 0.25) is 0 Å². The van der Waals surface area contributed by atoms with Crippen molar-refractivity contribution in [3.63, 3.8) is 0 Å². The predicted molar refractivity (Wildman–Crippen MR) is 107 cm³/mol. The molecule has 1 aliphatic heterocycles. The van der Waals surface area contributed by atoms with Gasteiger partial charge in [-0.3, -0.25) is 4.79 Å². The first kappa shape index (κ1) is 23.5. The molecule has 0 bridgehead atoms. The van der Waals surface area contributed by atoms with Gasteiger partial charge in [0.2, 0.25) is 0 Å². The zero-order chi connectivity index (χ0) is 19.1. The van der Waals surface area contributed by atoms with E-state index in [9.17, 15) is 4.79 Å². The zero-order valence-corrected chi connectivity index (χ0v) is 16.5. The summed E-state index contributed by atoms with van der Waals surface area (Å²) in [6.45, 7) is 13.3. The summed E-state index contributed by atoms with van der Waals surface area (Å²) in [7, 11) is 0. The van der Waals surface area contributed by atoms with Gasteiger partial charge in [-0.2, -0.15) is 0 Å². The van der Waals surface area contributed by atoms with Gasteiger partial charge in [-0.15, -0.1) is 0 Å². The van der Waals surface area contributed by atoms with Crippen LogP contribution in [0.25, 0.3) is 0 Å². The van der Waals surface area contributed by atoms with Gasteiger partial charge in [0.15, 0.2) is 0 Å². The van der Waals surface area contributed by atoms with Gasteiger partial charge in [0.25, 0.3) is 0 Å². The summed E-state index contributed by atoms with van der Waals surface area (Å²) >= 11 is 0. The summed E-state index contributed by atoms with van der Waals surface area (Å²) in [4.78, 5) is 11.5. The van der Waals surface area contributed by atoms with Crippen LogP contribution in [0.3, 0.4) is 0 Å². The van der Waals surface area contributed by atoms with Gasteiger partial charge in [-0.25, -0.2) is 0 Å². The average molecular weight is 351 g/mol. The molecule has 2 atom stereocenters. The lowest BCUT2D eigenvalue weighted by molar-refractivity contribution is -0.149. The van der Waals surface area contributed by atoms with E-state index < -0.39 is 0 Å². The van der Waals surface area contributed by atoms with Crippen molar-refractivity contribution < 1.29 is 14.6 Å². The molecule has 25 heavy (non-hydrogen) atoms. The standard InChI is InChI=1S/C16H30O2.C6H8O/c1-4-14(5-2)12-15-9-7-6-8-10-16(17)18-13(3)11-15;1-3-5-6(7)4-2/h13-15H,4-12H2,1-3H3;3-5,7H,1-2H2/b;6-5+. The highest BCUT2D eigenvalue weighted by Crippen LogP contribution is 2.28. The molecule has 0 amide bonds. The molecule has 2 unspecified atom stereocenters. The highest BCUT2D eigenvalue weighted by Gasteiger charge is 2.20. The van der Waals surface area contributed by atoms with Crippen molar-refractivity contribution in [3.8, 4) is 0 Å². The second-order valence-electron chi connectivity index (χ2n) is 6.95. The Morgan fingerprint density at radius 2 is 1.96 bits per heavy atom. The topological polar surface area (TPSA) is 46.5 Å². The number of ether oxygens (including phenoxy) is 1. The number of aliphatic hydroxyl groups excluding tert-OH is 1. The van der Waals surface area contributed by atoms with Gasteiger partial charge < -0.3 is 9.84 Å². The highest BCUT2D eigenvalue weighted by molar-refractivity contribution is 5.69. The number of carbonyl (C=O) groups excluding carboxylic acids is 1. The van der Waals surface area contributed by atoms with Crippen molar-refractivity contribution in [2.24, 2.45) is 11.8 Å². The molecule has 1 N–H and O–H groups in total. The van der Waals surface area contributed by atoms with Crippen molar-refractivity contribution in [1.82, 2.24) is 0 Å². The van der Waals surface area contributed by atoms with Crippen LogP contribution in [-0.2, 0) is 9.53 Å². The Hall–Kier alpha value is -1.51. The third-order valence-corrected chi connectivity index (χ3v) is 4.81. The third-order valence-electron chi connectivity index (χ3n) is 4.81. The Bertz CT molecular complexity index is 407. The maximum atomic E-state index is 11.5. The normalized spacial score (nSPS) is 22.4. The molecule has 0 spiro atoms. The van der Waals surface area contributed by atoms with Gasteiger partial charge in [0.1, 0.15) is 5.76 Å². The number of carbonyl (C=O) groups is 1. The summed E-state index contributed by atoms with van der Waals surface area (Å²) in [5.74, 6) is 1.75. The number of rotatable bonds is 6. The lowest BCUT2D eigenvalue weighted by Crippen LogP contribution is -2.21. The van der Waals surface area contributed by atoms with Gasteiger partial charge in [-0.05, 0) is 50.2 Å². The van der Waals surface area contributed by atoms with Gasteiger partial charge in [-0.1, -0.05) is 65.2 Å². The van der Waals surface area contributed by atoms with Crippen molar-refractivity contribution in [1.29, 1.82) is 0 Å². The molecule has 0 radical (unpaired) electrons. The predicted octanol–water partition coefficient (Wildman–Crippen LogP) is 6.52. The summed E-state index contributed by atoms with van der Waals surface area (Å²) in [5, 5.41) is 8.53. The Kier molecular flexibility index (Phi) is 13.9. The summed E-state index contributed by atoms with van der Waals surface area (Å²) in [6.07, 6.45) is 14.7. The maximum absolute atomic E-state index is 11.5. The average Bonchev–Trinajstić information content (AvgIpc) is 2.59. The summed E-state index contributed by atoms with van der Waals surface area (Å²) < 4.78 is 5.47. The zero-order valence-electron chi connectivity index (χ0n) is 16.5. The molecule has 144 valence electrons. The number of cyclic esters (lactones) is 1. The molecule has 0 aromatic carbocycles. The van der Waals surface area contributed by atoms with Crippen LogP contribution in [-0.4, -0.2) is 17.2 Å². The maximum Gasteiger partial charge on any atom is 0.306 e. The van der Waals surface area contributed by atoms with Crippen LogP contribution in [0.5, 0.6) is 0 Å². The molecule has 1 fully saturated rings. The smallest absolute Gasteiger partial charge is 0.306 e. The van der Waals surface area contributed by atoms with E-state index in [0.717, 1.165) is 24.7 Å². The molecule has 0 aromatic heterocycles. The molecule has 1 saturated heterocycles. The summed E-state index contributed by atoms with van der Waals surface area (Å²) in [6, 6.07) is 0. The van der Waals surface area contributed by atoms with E-state index in [0.29, 0.717) is 6.42 Å². The second-order valence-corrected chi connectivity index (χ2v) is 6.95. The van der Waals surface area contributed by atoms with E-state index in [-0.39, 0.29) is 17.8 Å². The van der Waals surface area contributed by atoms with Crippen LogP contribution >= 0.6 is 0 Å². The number of allylic oxidation sites excluding steroid dienone is 3. The molecular weight excluding hydrogens is 312 g/mol. The van der Waals surface area contributed by atoms with Crippen LogP contribution in [0.4, 0.5) is 0 Å². The largest absolute Gasteiger partial charge is 0.508 e. The van der Waals surface area contributed by atoms with Crippen molar-refractivity contribution in [2.75, 3.05) is 0 Å². The van der Waals surface area contributed by atoms with Crippen LogP contribution in [0.15, 0.2) is 37.1 Å². The van der Waals surface area contributed by atoms with E-state index in [4.69, 9.17) is 9.84 Å². The fraction of sp³-hybridized carbons (Fsp3) is 0.682. The van der Waals surface area contributed by atoms with Crippen LogP contribution in [0.1, 0.15) is 78.6 Å². The Morgan fingerprint density at radius 1 is 1.28 bits per heavy atom. The number of hydrogen-bond donors (Lipinski definition) is 1. The van der Waals surface area contributed by atoms with Gasteiger partial charge >= 0.3 is 5.97 Å². The monoisotopic (exact) mass is 350 g/mol. The molecule has 3 heteroatoms. The van der Waals surface area contributed by atoms with E-state index in [1.165, 1.54) is 56.8 Å². The quantitative estimate of drug-likeness (QED) is 0.337. The molecule has 3 nitrogen and oxygen atoms in total. The number of hydrogen-bond acceptors (Lipinski definition) is 3. The lowest BCUT2D eigenvalue weighted by Gasteiger charge is -2.26. The minimum Gasteiger partial charge on any atom is -0.508 e. The van der Waals surface area contributed by atoms with E-state index in [1.54, 1.807) is 0 Å². The minimum absolute atomic E-state index is 0.00526. The Labute approximate surface area is 154 Å². The number of aliphatic hydroxyl groups is 1. The SMILES string of the molecule is C=C/C=C(/O)C=C.CCC(CC)CC1CCCCCC(=O)OC(C)C1. The molecule has 1 aliphatic rings. The Balaban J connectivity index is 0.000000697. The fourth-order valence-electron chi connectivity index (χ4n) is 3.29. The molecule has 0 aromatic rings. The van der Waals surface area contributed by atoms with E-state index in [2.05, 4.69) is 33.9 Å². The minimum atomic E-state index is 0.00526.